The fourth-order valence-electron chi connectivity index (χ4n) is 2.74. The highest BCUT2D eigenvalue weighted by Crippen LogP contribution is 2.28. The van der Waals surface area contributed by atoms with E-state index in [1.54, 1.807) is 56.6 Å². The minimum atomic E-state index is -0.455. The molecule has 0 saturated carbocycles. The lowest BCUT2D eigenvalue weighted by molar-refractivity contribution is -0.130. The molecule has 0 aliphatic rings. The Hall–Kier alpha value is -4.01. The molecule has 3 rings (SSSR count). The van der Waals surface area contributed by atoms with Gasteiger partial charge in [-0.05, 0) is 35.9 Å². The van der Waals surface area contributed by atoms with Gasteiger partial charge in [0.05, 0.1) is 7.11 Å². The Balaban J connectivity index is 1.53. The minimum absolute atomic E-state index is 0.102. The van der Waals surface area contributed by atoms with E-state index in [1.165, 1.54) is 18.1 Å². The molecule has 0 atom stereocenters. The summed E-state index contributed by atoms with van der Waals surface area (Å²) < 4.78 is 21.4. The number of benzene rings is 2. The van der Waals surface area contributed by atoms with Crippen LogP contribution in [-0.2, 0) is 16.1 Å². The summed E-state index contributed by atoms with van der Waals surface area (Å²) in [7, 11) is 4.80. The van der Waals surface area contributed by atoms with E-state index in [0.29, 0.717) is 22.8 Å². The van der Waals surface area contributed by atoms with E-state index in [2.05, 4.69) is 5.32 Å². The van der Waals surface area contributed by atoms with Crippen LogP contribution in [0.1, 0.15) is 5.56 Å². The van der Waals surface area contributed by atoms with E-state index in [0.717, 1.165) is 10.9 Å². The third-order valence-corrected chi connectivity index (χ3v) is 4.53. The molecule has 0 radical (unpaired) electrons. The maximum atomic E-state index is 12.2. The second-order valence-electron chi connectivity index (χ2n) is 7.08. The first-order valence-corrected chi connectivity index (χ1v) is 9.79. The zero-order valence-electron chi connectivity index (χ0n) is 18.0. The SMILES string of the molecule is COc1cc(CNC(=O)COc2ccc3ccc(=O)oc3c2)ccc1OCC(=O)N(C)C. The highest BCUT2D eigenvalue weighted by molar-refractivity contribution is 5.79. The Labute approximate surface area is 184 Å². The van der Waals surface area contributed by atoms with Crippen molar-refractivity contribution in [3.63, 3.8) is 0 Å². The van der Waals surface area contributed by atoms with Gasteiger partial charge in [-0.3, -0.25) is 9.59 Å². The lowest BCUT2D eigenvalue weighted by atomic mass is 10.2. The zero-order valence-corrected chi connectivity index (χ0v) is 18.0. The molecule has 0 saturated heterocycles. The number of rotatable bonds is 9. The molecule has 0 unspecified atom stereocenters. The Morgan fingerprint density at radius 1 is 0.969 bits per heavy atom. The van der Waals surface area contributed by atoms with Crippen LogP contribution in [0.4, 0.5) is 0 Å². The van der Waals surface area contributed by atoms with Crippen LogP contribution in [0.15, 0.2) is 57.7 Å². The van der Waals surface area contributed by atoms with Crippen LogP contribution in [0.2, 0.25) is 0 Å². The molecule has 168 valence electrons. The van der Waals surface area contributed by atoms with Crippen LogP contribution in [0.3, 0.4) is 0 Å². The maximum absolute atomic E-state index is 12.2. The van der Waals surface area contributed by atoms with Gasteiger partial charge in [-0.25, -0.2) is 4.79 Å². The average molecular weight is 440 g/mol. The number of likely N-dealkylation sites (N-methyl/N-ethyl adjacent to an activating group) is 1. The number of amides is 2. The molecule has 2 aromatic carbocycles. The number of methoxy groups -OCH3 is 1. The van der Waals surface area contributed by atoms with Crippen molar-refractivity contribution < 1.29 is 28.2 Å². The van der Waals surface area contributed by atoms with Crippen molar-refractivity contribution in [2.45, 2.75) is 6.54 Å². The number of carbonyl (C=O) groups excluding carboxylic acids is 2. The van der Waals surface area contributed by atoms with Crippen molar-refractivity contribution >= 4 is 22.8 Å². The van der Waals surface area contributed by atoms with Crippen molar-refractivity contribution in [2.24, 2.45) is 0 Å². The molecular formula is C23H24N2O7. The summed E-state index contributed by atoms with van der Waals surface area (Å²) in [5, 5.41) is 3.52. The Bertz CT molecular complexity index is 1170. The maximum Gasteiger partial charge on any atom is 0.336 e. The number of carbonyl (C=O) groups is 2. The zero-order chi connectivity index (χ0) is 23.1. The van der Waals surface area contributed by atoms with Crippen molar-refractivity contribution in [2.75, 3.05) is 34.4 Å². The smallest absolute Gasteiger partial charge is 0.336 e. The molecule has 0 spiro atoms. The quantitative estimate of drug-likeness (QED) is 0.507. The van der Waals surface area contributed by atoms with Gasteiger partial charge in [-0.1, -0.05) is 6.07 Å². The predicted molar refractivity (Wildman–Crippen MR) is 117 cm³/mol. The van der Waals surface area contributed by atoms with E-state index in [9.17, 15) is 14.4 Å². The van der Waals surface area contributed by atoms with Gasteiger partial charge in [0.1, 0.15) is 11.3 Å². The highest BCUT2D eigenvalue weighted by atomic mass is 16.5. The van der Waals surface area contributed by atoms with Gasteiger partial charge in [-0.2, -0.15) is 0 Å². The fraction of sp³-hybridized carbons (Fsp3) is 0.261. The molecule has 3 aromatic rings. The summed E-state index contributed by atoms with van der Waals surface area (Å²) in [5.74, 6) is 0.811. The Morgan fingerprint density at radius 2 is 1.75 bits per heavy atom. The van der Waals surface area contributed by atoms with E-state index in [4.69, 9.17) is 18.6 Å². The van der Waals surface area contributed by atoms with Crippen LogP contribution in [0.5, 0.6) is 17.2 Å². The predicted octanol–water partition coefficient (Wildman–Crippen LogP) is 1.96. The number of hydrogen-bond acceptors (Lipinski definition) is 7. The normalized spacial score (nSPS) is 10.5. The molecule has 2 amide bonds. The molecule has 0 aliphatic carbocycles. The second kappa shape index (κ2) is 10.3. The summed E-state index contributed by atoms with van der Waals surface area (Å²) >= 11 is 0. The van der Waals surface area contributed by atoms with E-state index in [1.807, 2.05) is 0 Å². The number of hydrogen-bond donors (Lipinski definition) is 1. The first-order chi connectivity index (χ1) is 15.4. The van der Waals surface area contributed by atoms with Gasteiger partial charge in [0, 0.05) is 38.2 Å². The minimum Gasteiger partial charge on any atom is -0.493 e. The molecule has 1 heterocycles. The molecular weight excluding hydrogens is 416 g/mol. The second-order valence-corrected chi connectivity index (χ2v) is 7.08. The largest absolute Gasteiger partial charge is 0.493 e. The van der Waals surface area contributed by atoms with E-state index >= 15 is 0 Å². The number of nitrogens with zero attached hydrogens (tertiary/aromatic N) is 1. The Kier molecular flexibility index (Phi) is 7.33. The van der Waals surface area contributed by atoms with Crippen molar-refractivity contribution in [3.8, 4) is 17.2 Å². The van der Waals surface area contributed by atoms with Crippen molar-refractivity contribution in [3.05, 3.63) is 64.5 Å². The number of fused-ring (bicyclic) bond motifs is 1. The van der Waals surface area contributed by atoms with E-state index in [-0.39, 0.29) is 31.6 Å². The summed E-state index contributed by atoms with van der Waals surface area (Å²) in [4.78, 5) is 36.6. The first-order valence-electron chi connectivity index (χ1n) is 9.79. The Morgan fingerprint density at radius 3 is 2.50 bits per heavy atom. The lowest BCUT2D eigenvalue weighted by Crippen LogP contribution is -2.28. The van der Waals surface area contributed by atoms with Crippen LogP contribution >= 0.6 is 0 Å². The topological polar surface area (TPSA) is 107 Å². The summed E-state index contributed by atoms with van der Waals surface area (Å²) in [6, 6.07) is 13.2. The van der Waals surface area contributed by atoms with Crippen molar-refractivity contribution in [1.82, 2.24) is 10.2 Å². The van der Waals surface area contributed by atoms with E-state index < -0.39 is 5.63 Å². The lowest BCUT2D eigenvalue weighted by Gasteiger charge is -2.14. The molecule has 32 heavy (non-hydrogen) atoms. The summed E-state index contributed by atoms with van der Waals surface area (Å²) in [6.07, 6.45) is 0. The van der Waals surface area contributed by atoms with Crippen LogP contribution < -0.4 is 25.2 Å². The first kappa shape index (κ1) is 22.7. The van der Waals surface area contributed by atoms with Gasteiger partial charge in [0.25, 0.3) is 11.8 Å². The van der Waals surface area contributed by atoms with Gasteiger partial charge in [0.15, 0.2) is 24.7 Å². The van der Waals surface area contributed by atoms with Gasteiger partial charge >= 0.3 is 5.63 Å². The molecule has 9 heteroatoms. The van der Waals surface area contributed by atoms with Gasteiger partial charge in [-0.15, -0.1) is 0 Å². The third kappa shape index (κ3) is 6.00. The van der Waals surface area contributed by atoms with Crippen LogP contribution in [0.25, 0.3) is 11.0 Å². The highest BCUT2D eigenvalue weighted by Gasteiger charge is 2.11. The molecule has 0 aliphatic heterocycles. The molecule has 0 fully saturated rings. The van der Waals surface area contributed by atoms with Gasteiger partial charge in [0.2, 0.25) is 0 Å². The third-order valence-electron chi connectivity index (χ3n) is 4.53. The summed E-state index contributed by atoms with van der Waals surface area (Å²) in [5.41, 5.74) is 0.717. The standard InChI is InChI=1S/C23H24N2O7/c1-25(2)22(27)14-31-18-8-4-15(10-20(18)29-3)12-24-21(26)13-30-17-7-5-16-6-9-23(28)32-19(16)11-17/h4-11H,12-14H2,1-3H3,(H,24,26). The fourth-order valence-corrected chi connectivity index (χ4v) is 2.74. The molecule has 1 aromatic heterocycles. The monoisotopic (exact) mass is 440 g/mol. The van der Waals surface area contributed by atoms with Gasteiger partial charge < -0.3 is 28.8 Å². The molecule has 1 N–H and O–H groups in total. The molecule has 0 bridgehead atoms. The van der Waals surface area contributed by atoms with Crippen molar-refractivity contribution in [1.29, 1.82) is 0 Å². The number of nitrogens with one attached hydrogen (secondary N) is 1. The number of ether oxygens (including phenoxy) is 3. The van der Waals surface area contributed by atoms with Crippen LogP contribution in [0, 0.1) is 0 Å². The average Bonchev–Trinajstić information content (AvgIpc) is 2.79. The van der Waals surface area contributed by atoms with Crippen LogP contribution in [-0.4, -0.2) is 51.1 Å². The summed E-state index contributed by atoms with van der Waals surface area (Å²) in [6.45, 7) is -0.0510. The molecule has 9 nitrogen and oxygen atoms in total.